The number of rotatable bonds is 13. The average molecular weight is 911 g/mol. The van der Waals surface area contributed by atoms with Crippen LogP contribution in [0.3, 0.4) is 0 Å². The number of H-pyrrole nitrogens is 1. The van der Waals surface area contributed by atoms with Crippen LogP contribution in [-0.4, -0.2) is 112 Å². The van der Waals surface area contributed by atoms with Gasteiger partial charge in [-0.2, -0.15) is 5.26 Å². The van der Waals surface area contributed by atoms with Gasteiger partial charge in [0.15, 0.2) is 5.78 Å². The normalized spacial score (nSPS) is 18.4. The van der Waals surface area contributed by atoms with E-state index in [1.165, 1.54) is 0 Å². The molecule has 0 radical (unpaired) electrons. The van der Waals surface area contributed by atoms with Gasteiger partial charge in [0.05, 0.1) is 28.2 Å². The number of nitrogens with zero attached hydrogens (tertiary/aromatic N) is 6. The Bertz CT molecular complexity index is 2760. The highest BCUT2D eigenvalue weighted by Gasteiger charge is 2.42. The Kier molecular flexibility index (Phi) is 12.9. The molecular formula is C52H66N10O5. The molecule has 2 aliphatic heterocycles. The van der Waals surface area contributed by atoms with Crippen LogP contribution in [0.25, 0.3) is 21.9 Å². The van der Waals surface area contributed by atoms with Gasteiger partial charge in [-0.05, 0) is 106 Å². The van der Waals surface area contributed by atoms with Gasteiger partial charge in [0.25, 0.3) is 0 Å². The molecule has 0 bridgehead atoms. The number of hydrogen-bond acceptors (Lipinski definition) is 10. The zero-order chi connectivity index (χ0) is 48.0. The van der Waals surface area contributed by atoms with Crippen LogP contribution in [0.4, 0.5) is 16.4 Å². The summed E-state index contributed by atoms with van der Waals surface area (Å²) < 4.78 is 7.47. The second-order valence-electron chi connectivity index (χ2n) is 20.8. The molecule has 2 atom stereocenters. The van der Waals surface area contributed by atoms with Crippen LogP contribution in [0, 0.1) is 16.7 Å². The third-order valence-electron chi connectivity index (χ3n) is 14.0. The lowest BCUT2D eigenvalue weighted by molar-refractivity contribution is -0.131. The summed E-state index contributed by atoms with van der Waals surface area (Å²) in [6.07, 6.45) is 2.19. The van der Waals surface area contributed by atoms with Gasteiger partial charge >= 0.3 is 6.09 Å². The molecule has 2 saturated heterocycles. The van der Waals surface area contributed by atoms with E-state index in [0.29, 0.717) is 82.0 Å². The van der Waals surface area contributed by atoms with E-state index in [1.807, 2.05) is 45.9 Å². The first-order valence-electron chi connectivity index (χ1n) is 23.8. The predicted octanol–water partition coefficient (Wildman–Crippen LogP) is 7.03. The first-order valence-corrected chi connectivity index (χ1v) is 23.8. The lowest BCUT2D eigenvalue weighted by atomic mass is 9.70. The van der Waals surface area contributed by atoms with Gasteiger partial charge in [-0.1, -0.05) is 52.8 Å². The Balaban J connectivity index is 0.846. The SMILES string of the molecule is CCc1cc2c(cc1N1CCN(C(=O)CCCN3C[C@H](NC(=O)[C@H](CCCn4c(N)nc5ccccc54)NC(=O)OC(C)(C)C)C(C)(C)C3)CC1)C(C)(C)c1[nH]c3cc(C#N)ccc3c1C2=O. The fourth-order valence-corrected chi connectivity index (χ4v) is 10.4. The number of imidazole rings is 1. The first kappa shape index (κ1) is 47.1. The fraction of sp³-hybridized carbons (Fsp3) is 0.500. The highest BCUT2D eigenvalue weighted by atomic mass is 16.6. The lowest BCUT2D eigenvalue weighted by Crippen LogP contribution is -2.53. The number of fused-ring (bicyclic) bond motifs is 5. The van der Waals surface area contributed by atoms with Crippen LogP contribution >= 0.6 is 0 Å². The highest BCUT2D eigenvalue weighted by molar-refractivity contribution is 6.20. The van der Waals surface area contributed by atoms with E-state index in [9.17, 15) is 24.4 Å². The van der Waals surface area contributed by atoms with Crippen LogP contribution in [0.5, 0.6) is 0 Å². The summed E-state index contributed by atoms with van der Waals surface area (Å²) in [5.74, 6) is 0.287. The molecule has 8 rings (SSSR count). The molecule has 0 saturated carbocycles. The quantitative estimate of drug-likeness (QED) is 0.0953. The van der Waals surface area contributed by atoms with Crippen molar-refractivity contribution in [3.05, 3.63) is 88.1 Å². The monoisotopic (exact) mass is 911 g/mol. The van der Waals surface area contributed by atoms with Crippen molar-refractivity contribution in [2.75, 3.05) is 56.4 Å². The Hall–Kier alpha value is -6.40. The Labute approximate surface area is 393 Å². The zero-order valence-corrected chi connectivity index (χ0v) is 40.3. The standard InChI is InChI=1S/C52H66N10O5/c1-9-33-27-35-36(52(7,8)46-44(45(35)64)34-19-18-32(29-53)26-39(34)55-46)28-41(33)60-22-24-61(25-23-60)43(63)17-13-20-59-30-42(51(5,6)31-59)58-47(65)38(57-49(66)67-50(2,3)4)15-12-21-62-40-16-11-10-14-37(40)56-48(62)54/h10-11,14,16,18-19,26-28,38,42,55H,9,12-13,15,17,20-25,30-31H2,1-8H3,(H2,54,56)(H,57,66)(H,58,65)/t38-,42-/m0/s1. The molecule has 2 aromatic heterocycles. The van der Waals surface area contributed by atoms with Crippen LogP contribution in [0.15, 0.2) is 54.6 Å². The number of carbonyl (C=O) groups excluding carboxylic acids is 4. The minimum atomic E-state index is -0.820. The summed E-state index contributed by atoms with van der Waals surface area (Å²) in [4.78, 5) is 69.3. The number of likely N-dealkylation sites (tertiary alicyclic amines) is 1. The number of hydrogen-bond donors (Lipinski definition) is 4. The van der Waals surface area contributed by atoms with Crippen LogP contribution in [0.1, 0.15) is 119 Å². The summed E-state index contributed by atoms with van der Waals surface area (Å²) in [6, 6.07) is 18.7. The van der Waals surface area contributed by atoms with E-state index in [1.54, 1.807) is 26.8 Å². The van der Waals surface area contributed by atoms with Crippen LogP contribution in [0.2, 0.25) is 0 Å². The fourth-order valence-electron chi connectivity index (χ4n) is 10.4. The molecule has 5 aromatic rings. The molecule has 0 spiro atoms. The molecule has 1 aliphatic carbocycles. The van der Waals surface area contributed by atoms with Crippen molar-refractivity contribution in [3.8, 4) is 6.07 Å². The number of amides is 3. The molecule has 4 heterocycles. The minimum Gasteiger partial charge on any atom is -0.444 e. The molecular weight excluding hydrogens is 845 g/mol. The number of aromatic amines is 1. The van der Waals surface area contributed by atoms with Gasteiger partial charge in [0.2, 0.25) is 17.8 Å². The number of piperazine rings is 1. The van der Waals surface area contributed by atoms with Crippen molar-refractivity contribution in [2.45, 2.75) is 117 Å². The van der Waals surface area contributed by atoms with Crippen molar-refractivity contribution in [1.82, 2.24) is 35.0 Å². The topological polar surface area (TPSA) is 195 Å². The maximum absolute atomic E-state index is 14.2. The van der Waals surface area contributed by atoms with E-state index < -0.39 is 23.2 Å². The van der Waals surface area contributed by atoms with Crippen molar-refractivity contribution < 1.29 is 23.9 Å². The number of nitriles is 1. The molecule has 3 aromatic carbocycles. The second-order valence-corrected chi connectivity index (χ2v) is 20.8. The van der Waals surface area contributed by atoms with Gasteiger partial charge < -0.3 is 45.4 Å². The maximum atomic E-state index is 14.2. The molecule has 2 fully saturated rings. The number of ether oxygens (including phenoxy) is 1. The van der Waals surface area contributed by atoms with E-state index in [2.05, 4.69) is 83.2 Å². The van der Waals surface area contributed by atoms with Gasteiger partial charge in [0, 0.05) is 91.5 Å². The summed E-state index contributed by atoms with van der Waals surface area (Å²) in [5.41, 5.74) is 13.4. The summed E-state index contributed by atoms with van der Waals surface area (Å²) in [6.45, 7) is 21.3. The molecule has 0 unspecified atom stereocenters. The first-order chi connectivity index (χ1) is 31.8. The Morgan fingerprint density at radius 3 is 2.48 bits per heavy atom. The number of para-hydroxylation sites is 2. The van der Waals surface area contributed by atoms with Crippen molar-refractivity contribution in [3.63, 3.8) is 0 Å². The number of nitrogen functional groups attached to an aromatic ring is 1. The number of anilines is 2. The zero-order valence-electron chi connectivity index (χ0n) is 40.3. The molecule has 5 N–H and O–H groups in total. The third-order valence-corrected chi connectivity index (χ3v) is 14.0. The highest BCUT2D eigenvalue weighted by Crippen LogP contribution is 2.46. The number of nitrogens with two attached hydrogens (primary N) is 1. The number of aromatic nitrogens is 3. The van der Waals surface area contributed by atoms with Crippen molar-refractivity contribution >= 4 is 57.3 Å². The number of nitrogens with one attached hydrogen (secondary N) is 3. The van der Waals surface area contributed by atoms with Gasteiger partial charge in [-0.15, -0.1) is 0 Å². The number of carbonyl (C=O) groups is 4. The third kappa shape index (κ3) is 9.59. The average Bonchev–Trinajstić information content (AvgIpc) is 3.93. The smallest absolute Gasteiger partial charge is 0.408 e. The van der Waals surface area contributed by atoms with Crippen molar-refractivity contribution in [2.24, 2.45) is 5.41 Å². The summed E-state index contributed by atoms with van der Waals surface area (Å²) >= 11 is 0. The van der Waals surface area contributed by atoms with Crippen LogP contribution in [-0.2, 0) is 32.7 Å². The molecule has 15 nitrogen and oxygen atoms in total. The maximum Gasteiger partial charge on any atom is 0.408 e. The van der Waals surface area contributed by atoms with E-state index in [-0.39, 0.29) is 29.1 Å². The molecule has 354 valence electrons. The van der Waals surface area contributed by atoms with E-state index in [4.69, 9.17) is 10.5 Å². The Morgan fingerprint density at radius 1 is 1.01 bits per heavy atom. The van der Waals surface area contributed by atoms with Gasteiger partial charge in [0.1, 0.15) is 11.6 Å². The molecule has 3 aliphatic rings. The van der Waals surface area contributed by atoms with Gasteiger partial charge in [-0.3, -0.25) is 14.4 Å². The van der Waals surface area contributed by atoms with E-state index >= 15 is 0 Å². The molecule has 67 heavy (non-hydrogen) atoms. The summed E-state index contributed by atoms with van der Waals surface area (Å²) in [7, 11) is 0. The number of aryl methyl sites for hydroxylation is 2. The number of alkyl carbamates (subject to hydrolysis) is 1. The van der Waals surface area contributed by atoms with Crippen molar-refractivity contribution in [1.29, 1.82) is 5.26 Å². The molecule has 15 heteroatoms. The minimum absolute atomic E-state index is 0.00452. The molecule has 3 amide bonds. The van der Waals surface area contributed by atoms with Crippen LogP contribution < -0.4 is 21.3 Å². The largest absolute Gasteiger partial charge is 0.444 e. The van der Waals surface area contributed by atoms with Gasteiger partial charge in [-0.25, -0.2) is 9.78 Å². The number of benzene rings is 3. The van der Waals surface area contributed by atoms with E-state index in [0.717, 1.165) is 69.5 Å². The Morgan fingerprint density at radius 2 is 1.76 bits per heavy atom. The number of ketones is 1. The lowest BCUT2D eigenvalue weighted by Gasteiger charge is -2.39. The second kappa shape index (κ2) is 18.4. The predicted molar refractivity (Wildman–Crippen MR) is 261 cm³/mol. The summed E-state index contributed by atoms with van der Waals surface area (Å²) in [5, 5.41) is 16.4.